The summed E-state index contributed by atoms with van der Waals surface area (Å²) in [6, 6.07) is 11.2. The lowest BCUT2D eigenvalue weighted by Gasteiger charge is -2.38. The molecule has 1 N–H and O–H groups in total. The van der Waals surface area contributed by atoms with Gasteiger partial charge in [0, 0.05) is 58.7 Å². The lowest BCUT2D eigenvalue weighted by molar-refractivity contribution is -0.148. The molecule has 3 rings (SSSR count). The van der Waals surface area contributed by atoms with E-state index in [4.69, 9.17) is 23.7 Å². The van der Waals surface area contributed by atoms with Crippen molar-refractivity contribution in [3.63, 3.8) is 0 Å². The van der Waals surface area contributed by atoms with E-state index < -0.39 is 6.10 Å². The summed E-state index contributed by atoms with van der Waals surface area (Å²) in [6.07, 6.45) is -0.459. The van der Waals surface area contributed by atoms with E-state index in [1.165, 1.54) is 35.2 Å². The highest BCUT2D eigenvalue weighted by Crippen LogP contribution is 2.40. The Bertz CT molecular complexity index is 1010. The molecule has 0 spiro atoms. The van der Waals surface area contributed by atoms with Crippen LogP contribution < -0.4 is 29.2 Å². The van der Waals surface area contributed by atoms with Gasteiger partial charge in [0.05, 0.1) is 32.7 Å². The number of anilines is 2. The zero-order chi connectivity index (χ0) is 26.1. The molecule has 1 unspecified atom stereocenters. The third-order valence-electron chi connectivity index (χ3n) is 5.80. The maximum Gasteiger partial charge on any atom is 0.303 e. The van der Waals surface area contributed by atoms with Crippen molar-refractivity contribution in [1.29, 1.82) is 0 Å². The average molecular weight is 502 g/mol. The minimum atomic E-state index is -0.459. The molecular weight excluding hydrogens is 466 g/mol. The lowest BCUT2D eigenvalue weighted by atomic mass is 10.2. The van der Waals surface area contributed by atoms with Crippen LogP contribution in [0.5, 0.6) is 23.0 Å². The normalized spacial score (nSPS) is 14.5. The monoisotopic (exact) mass is 501 g/mol. The minimum Gasteiger partial charge on any atom is -0.493 e. The molecule has 1 heterocycles. The lowest BCUT2D eigenvalue weighted by Crippen LogP contribution is -2.50. The van der Waals surface area contributed by atoms with Gasteiger partial charge in [0.2, 0.25) is 11.7 Å². The summed E-state index contributed by atoms with van der Waals surface area (Å²) in [7, 11) is 4.61. The minimum absolute atomic E-state index is 0.0996. The first-order valence-corrected chi connectivity index (χ1v) is 11.8. The molecule has 0 aromatic heterocycles. The van der Waals surface area contributed by atoms with Gasteiger partial charge in [-0.1, -0.05) is 12.1 Å². The SMILES string of the molecule is COc1cc(OCC(CN2CCN(c3ccccc3NC(C)=O)CC2)OC(C)=O)cc(OC)c1OC. The number of hydrogen-bond donors (Lipinski definition) is 1. The number of ether oxygens (including phenoxy) is 5. The molecule has 1 saturated heterocycles. The molecule has 36 heavy (non-hydrogen) atoms. The van der Waals surface area contributed by atoms with Gasteiger partial charge in [-0.3, -0.25) is 14.5 Å². The molecule has 0 bridgehead atoms. The highest BCUT2D eigenvalue weighted by molar-refractivity contribution is 5.92. The number of hydrogen-bond acceptors (Lipinski definition) is 9. The summed E-state index contributed by atoms with van der Waals surface area (Å²) in [6.45, 7) is 6.70. The number of carbonyl (C=O) groups excluding carboxylic acids is 2. The van der Waals surface area contributed by atoms with Crippen molar-refractivity contribution in [2.75, 3.05) is 70.9 Å². The zero-order valence-electron chi connectivity index (χ0n) is 21.5. The van der Waals surface area contributed by atoms with Gasteiger partial charge in [-0.15, -0.1) is 0 Å². The van der Waals surface area contributed by atoms with E-state index in [0.717, 1.165) is 37.6 Å². The fraction of sp³-hybridized carbons (Fsp3) is 0.462. The highest BCUT2D eigenvalue weighted by atomic mass is 16.6. The molecule has 1 aliphatic rings. The van der Waals surface area contributed by atoms with Gasteiger partial charge in [0.25, 0.3) is 0 Å². The van der Waals surface area contributed by atoms with Crippen molar-refractivity contribution in [2.45, 2.75) is 20.0 Å². The molecule has 0 aliphatic carbocycles. The molecule has 10 heteroatoms. The molecule has 196 valence electrons. The third-order valence-corrected chi connectivity index (χ3v) is 5.80. The van der Waals surface area contributed by atoms with Crippen LogP contribution in [0.2, 0.25) is 0 Å². The van der Waals surface area contributed by atoms with E-state index in [-0.39, 0.29) is 18.5 Å². The molecule has 10 nitrogen and oxygen atoms in total. The second kappa shape index (κ2) is 12.9. The molecule has 2 aromatic rings. The van der Waals surface area contributed by atoms with Crippen LogP contribution in [-0.4, -0.2) is 83.5 Å². The fourth-order valence-corrected chi connectivity index (χ4v) is 4.19. The van der Waals surface area contributed by atoms with E-state index >= 15 is 0 Å². The quantitative estimate of drug-likeness (QED) is 0.466. The number of piperazine rings is 1. The van der Waals surface area contributed by atoms with Crippen LogP contribution >= 0.6 is 0 Å². The number of rotatable bonds is 11. The Hall–Kier alpha value is -3.66. The molecular formula is C26H35N3O7. The van der Waals surface area contributed by atoms with E-state index in [0.29, 0.717) is 29.5 Å². The number of methoxy groups -OCH3 is 3. The van der Waals surface area contributed by atoms with Crippen molar-refractivity contribution >= 4 is 23.3 Å². The van der Waals surface area contributed by atoms with E-state index in [1.54, 1.807) is 12.1 Å². The first kappa shape index (κ1) is 26.9. The van der Waals surface area contributed by atoms with E-state index in [9.17, 15) is 9.59 Å². The topological polar surface area (TPSA) is 98.8 Å². The molecule has 1 amide bonds. The van der Waals surface area contributed by atoms with Gasteiger partial charge in [-0.05, 0) is 12.1 Å². The number of carbonyl (C=O) groups is 2. The highest BCUT2D eigenvalue weighted by Gasteiger charge is 2.24. The maximum absolute atomic E-state index is 11.8. The Morgan fingerprint density at radius 3 is 2.14 bits per heavy atom. The summed E-state index contributed by atoms with van der Waals surface area (Å²) in [5.74, 6) is 1.48. The zero-order valence-corrected chi connectivity index (χ0v) is 21.5. The Morgan fingerprint density at radius 2 is 1.58 bits per heavy atom. The molecule has 0 radical (unpaired) electrons. The van der Waals surface area contributed by atoms with Crippen molar-refractivity contribution < 1.29 is 33.3 Å². The Morgan fingerprint density at radius 1 is 0.944 bits per heavy atom. The summed E-state index contributed by atoms with van der Waals surface area (Å²) >= 11 is 0. The van der Waals surface area contributed by atoms with E-state index in [2.05, 4.69) is 15.1 Å². The van der Waals surface area contributed by atoms with E-state index in [1.807, 2.05) is 24.3 Å². The number of esters is 1. The number of amides is 1. The van der Waals surface area contributed by atoms with Crippen LogP contribution in [0.15, 0.2) is 36.4 Å². The standard InChI is InChI=1S/C26H35N3O7/c1-18(30)27-22-8-6-7-9-23(22)29-12-10-28(11-13-29)16-21(36-19(2)31)17-35-20-14-24(32-3)26(34-5)25(15-20)33-4/h6-9,14-15,21H,10-13,16-17H2,1-5H3,(H,27,30). The predicted molar refractivity (Wildman–Crippen MR) is 137 cm³/mol. The van der Waals surface area contributed by atoms with Crippen LogP contribution in [0.1, 0.15) is 13.8 Å². The van der Waals surface area contributed by atoms with Gasteiger partial charge in [0.1, 0.15) is 18.5 Å². The third kappa shape index (κ3) is 7.17. The predicted octanol–water partition coefficient (Wildman–Crippen LogP) is 2.80. The van der Waals surface area contributed by atoms with Gasteiger partial charge in [-0.2, -0.15) is 0 Å². The fourth-order valence-electron chi connectivity index (χ4n) is 4.19. The van der Waals surface area contributed by atoms with Crippen molar-refractivity contribution in [1.82, 2.24) is 4.90 Å². The molecule has 1 fully saturated rings. The Labute approximate surface area is 212 Å². The van der Waals surface area contributed by atoms with Gasteiger partial charge >= 0.3 is 5.97 Å². The Balaban J connectivity index is 1.62. The van der Waals surface area contributed by atoms with Crippen LogP contribution in [-0.2, 0) is 14.3 Å². The van der Waals surface area contributed by atoms with Crippen molar-refractivity contribution in [3.8, 4) is 23.0 Å². The molecule has 1 aliphatic heterocycles. The number of nitrogens with one attached hydrogen (secondary N) is 1. The van der Waals surface area contributed by atoms with Crippen LogP contribution in [0, 0.1) is 0 Å². The second-order valence-electron chi connectivity index (χ2n) is 8.39. The molecule has 0 saturated carbocycles. The number of benzene rings is 2. The van der Waals surface area contributed by atoms with Crippen LogP contribution in [0.4, 0.5) is 11.4 Å². The summed E-state index contributed by atoms with van der Waals surface area (Å²) in [4.78, 5) is 27.8. The van der Waals surface area contributed by atoms with Crippen molar-refractivity contribution in [2.24, 2.45) is 0 Å². The largest absolute Gasteiger partial charge is 0.493 e. The van der Waals surface area contributed by atoms with Gasteiger partial charge in [0.15, 0.2) is 11.5 Å². The average Bonchev–Trinajstić information content (AvgIpc) is 2.86. The molecule has 1 atom stereocenters. The number of nitrogens with zero attached hydrogens (tertiary/aromatic N) is 2. The molecule has 2 aromatic carbocycles. The Kier molecular flexibility index (Phi) is 9.63. The maximum atomic E-state index is 11.8. The summed E-state index contributed by atoms with van der Waals surface area (Å²) < 4.78 is 27.6. The first-order valence-electron chi connectivity index (χ1n) is 11.8. The van der Waals surface area contributed by atoms with Gasteiger partial charge < -0.3 is 33.9 Å². The smallest absolute Gasteiger partial charge is 0.303 e. The second-order valence-corrected chi connectivity index (χ2v) is 8.39. The summed E-state index contributed by atoms with van der Waals surface area (Å²) in [5.41, 5.74) is 1.80. The van der Waals surface area contributed by atoms with Crippen molar-refractivity contribution in [3.05, 3.63) is 36.4 Å². The summed E-state index contributed by atoms with van der Waals surface area (Å²) in [5, 5.41) is 2.90. The first-order chi connectivity index (χ1) is 17.3. The van der Waals surface area contributed by atoms with Crippen LogP contribution in [0.25, 0.3) is 0 Å². The van der Waals surface area contributed by atoms with Gasteiger partial charge in [-0.25, -0.2) is 0 Å². The van der Waals surface area contributed by atoms with Crippen LogP contribution in [0.3, 0.4) is 0 Å². The number of para-hydroxylation sites is 2.